The molecule has 0 aliphatic carbocycles. The summed E-state index contributed by atoms with van der Waals surface area (Å²) >= 11 is 0. The summed E-state index contributed by atoms with van der Waals surface area (Å²) in [7, 11) is 0. The van der Waals surface area contributed by atoms with Gasteiger partial charge in [-0.15, -0.1) is 0 Å². The Morgan fingerprint density at radius 3 is 2.57 bits per heavy atom. The van der Waals surface area contributed by atoms with Gasteiger partial charge in [-0.05, 0) is 57.7 Å². The number of amides is 1. The van der Waals surface area contributed by atoms with Crippen LogP contribution in [-0.2, 0) is 11.2 Å². The van der Waals surface area contributed by atoms with E-state index < -0.39 is 0 Å². The standard InChI is InChI=1S/C18H28N2O/c1-3-18(11-13-19-14-12-18)17(21)20-15(2)9-10-16-7-5-4-6-8-16/h4-8,15,19H,3,9-14H2,1-2H3,(H,20,21). The summed E-state index contributed by atoms with van der Waals surface area (Å²) in [5.74, 6) is 0.257. The van der Waals surface area contributed by atoms with Crippen LogP contribution in [0.3, 0.4) is 0 Å². The molecular formula is C18H28N2O. The zero-order valence-corrected chi connectivity index (χ0v) is 13.3. The van der Waals surface area contributed by atoms with E-state index in [0.29, 0.717) is 0 Å². The lowest BCUT2D eigenvalue weighted by Crippen LogP contribution is -2.49. The lowest BCUT2D eigenvalue weighted by atomic mass is 9.75. The average Bonchev–Trinajstić information content (AvgIpc) is 2.54. The van der Waals surface area contributed by atoms with Crippen molar-refractivity contribution in [2.75, 3.05) is 13.1 Å². The van der Waals surface area contributed by atoms with Crippen LogP contribution in [0.25, 0.3) is 0 Å². The number of piperidine rings is 1. The summed E-state index contributed by atoms with van der Waals surface area (Å²) < 4.78 is 0. The lowest BCUT2D eigenvalue weighted by molar-refractivity contribution is -0.133. The number of carbonyl (C=O) groups is 1. The average molecular weight is 288 g/mol. The Balaban J connectivity index is 1.83. The maximum Gasteiger partial charge on any atom is 0.226 e. The van der Waals surface area contributed by atoms with Crippen LogP contribution in [0.4, 0.5) is 0 Å². The maximum atomic E-state index is 12.6. The fraction of sp³-hybridized carbons (Fsp3) is 0.611. The summed E-state index contributed by atoms with van der Waals surface area (Å²) in [5, 5.41) is 6.59. The minimum absolute atomic E-state index is 0.147. The Bertz CT molecular complexity index is 438. The number of rotatable bonds is 6. The molecule has 0 radical (unpaired) electrons. The first-order valence-corrected chi connectivity index (χ1v) is 8.22. The Labute approximate surface area is 128 Å². The van der Waals surface area contributed by atoms with E-state index in [1.165, 1.54) is 5.56 Å². The monoisotopic (exact) mass is 288 g/mol. The van der Waals surface area contributed by atoms with E-state index in [1.54, 1.807) is 0 Å². The molecule has 2 rings (SSSR count). The van der Waals surface area contributed by atoms with Gasteiger partial charge in [-0.2, -0.15) is 0 Å². The van der Waals surface area contributed by atoms with Crippen LogP contribution in [0.15, 0.2) is 30.3 Å². The van der Waals surface area contributed by atoms with Crippen LogP contribution in [0.2, 0.25) is 0 Å². The molecule has 0 spiro atoms. The van der Waals surface area contributed by atoms with Gasteiger partial charge in [0.2, 0.25) is 5.91 Å². The molecule has 1 aromatic carbocycles. The number of hydrogen-bond acceptors (Lipinski definition) is 2. The summed E-state index contributed by atoms with van der Waals surface area (Å²) in [6, 6.07) is 10.7. The van der Waals surface area contributed by atoms with Crippen LogP contribution in [0.1, 0.15) is 45.1 Å². The predicted molar refractivity (Wildman–Crippen MR) is 87.2 cm³/mol. The fourth-order valence-corrected chi connectivity index (χ4v) is 3.12. The van der Waals surface area contributed by atoms with E-state index in [4.69, 9.17) is 0 Å². The molecule has 0 saturated carbocycles. The molecule has 0 bridgehead atoms. The molecule has 21 heavy (non-hydrogen) atoms. The fourth-order valence-electron chi connectivity index (χ4n) is 3.12. The van der Waals surface area contributed by atoms with Crippen molar-refractivity contribution < 1.29 is 4.79 Å². The van der Waals surface area contributed by atoms with E-state index in [9.17, 15) is 4.79 Å². The van der Waals surface area contributed by atoms with Crippen LogP contribution in [0.5, 0.6) is 0 Å². The minimum Gasteiger partial charge on any atom is -0.353 e. The van der Waals surface area contributed by atoms with Crippen molar-refractivity contribution in [3.8, 4) is 0 Å². The summed E-state index contributed by atoms with van der Waals surface area (Å²) in [6.45, 7) is 6.17. The van der Waals surface area contributed by atoms with Crippen molar-refractivity contribution >= 4 is 5.91 Å². The number of nitrogens with one attached hydrogen (secondary N) is 2. The SMILES string of the molecule is CCC1(C(=O)NC(C)CCc2ccccc2)CCNCC1. The molecule has 1 aliphatic heterocycles. The second-order valence-electron chi connectivity index (χ2n) is 6.28. The minimum atomic E-state index is -0.147. The number of carbonyl (C=O) groups excluding carboxylic acids is 1. The van der Waals surface area contributed by atoms with E-state index >= 15 is 0 Å². The predicted octanol–water partition coefficient (Wildman–Crippen LogP) is 2.90. The van der Waals surface area contributed by atoms with Crippen molar-refractivity contribution in [1.29, 1.82) is 0 Å². The van der Waals surface area contributed by atoms with Crippen LogP contribution in [-0.4, -0.2) is 25.0 Å². The zero-order chi connectivity index (χ0) is 15.1. The van der Waals surface area contributed by atoms with Gasteiger partial charge in [0.05, 0.1) is 5.41 Å². The first-order valence-electron chi connectivity index (χ1n) is 8.22. The van der Waals surface area contributed by atoms with Crippen molar-refractivity contribution in [2.45, 2.75) is 52.0 Å². The number of hydrogen-bond donors (Lipinski definition) is 2. The zero-order valence-electron chi connectivity index (χ0n) is 13.3. The van der Waals surface area contributed by atoms with Crippen molar-refractivity contribution in [2.24, 2.45) is 5.41 Å². The van der Waals surface area contributed by atoms with Crippen LogP contribution in [0, 0.1) is 5.41 Å². The van der Waals surface area contributed by atoms with Gasteiger partial charge in [-0.25, -0.2) is 0 Å². The largest absolute Gasteiger partial charge is 0.353 e. The maximum absolute atomic E-state index is 12.6. The van der Waals surface area contributed by atoms with Gasteiger partial charge in [0.25, 0.3) is 0 Å². The Morgan fingerprint density at radius 1 is 1.29 bits per heavy atom. The molecule has 1 amide bonds. The first-order chi connectivity index (χ1) is 10.2. The summed E-state index contributed by atoms with van der Waals surface area (Å²) in [5.41, 5.74) is 1.19. The second-order valence-corrected chi connectivity index (χ2v) is 6.28. The normalized spacial score (nSPS) is 19.0. The quantitative estimate of drug-likeness (QED) is 0.845. The third-order valence-corrected chi connectivity index (χ3v) is 4.81. The third-order valence-electron chi connectivity index (χ3n) is 4.81. The van der Waals surface area contributed by atoms with Crippen LogP contribution < -0.4 is 10.6 Å². The smallest absolute Gasteiger partial charge is 0.226 e. The summed E-state index contributed by atoms with van der Waals surface area (Å²) in [6.07, 6.45) is 4.87. The molecule has 116 valence electrons. The third kappa shape index (κ3) is 4.31. The molecule has 1 unspecified atom stereocenters. The van der Waals surface area contributed by atoms with Gasteiger partial charge >= 0.3 is 0 Å². The number of aryl methyl sites for hydroxylation is 1. The topological polar surface area (TPSA) is 41.1 Å². The van der Waals surface area contributed by atoms with Gasteiger partial charge in [0, 0.05) is 6.04 Å². The van der Waals surface area contributed by atoms with E-state index in [2.05, 4.69) is 48.7 Å². The number of benzene rings is 1. The second kappa shape index (κ2) is 7.60. The van der Waals surface area contributed by atoms with Gasteiger partial charge < -0.3 is 10.6 Å². The first kappa shape index (κ1) is 16.0. The van der Waals surface area contributed by atoms with E-state index in [-0.39, 0.29) is 17.4 Å². The van der Waals surface area contributed by atoms with Gasteiger partial charge in [0.15, 0.2) is 0 Å². The van der Waals surface area contributed by atoms with Gasteiger partial charge in [-0.1, -0.05) is 37.3 Å². The summed E-state index contributed by atoms with van der Waals surface area (Å²) in [4.78, 5) is 12.6. The lowest BCUT2D eigenvalue weighted by Gasteiger charge is -2.36. The molecule has 1 atom stereocenters. The van der Waals surface area contributed by atoms with Crippen molar-refractivity contribution in [3.05, 3.63) is 35.9 Å². The highest BCUT2D eigenvalue weighted by Gasteiger charge is 2.37. The van der Waals surface area contributed by atoms with Crippen molar-refractivity contribution in [1.82, 2.24) is 10.6 Å². The molecule has 1 aromatic rings. The molecule has 1 saturated heterocycles. The van der Waals surface area contributed by atoms with Gasteiger partial charge in [0.1, 0.15) is 0 Å². The Morgan fingerprint density at radius 2 is 1.95 bits per heavy atom. The molecule has 1 aliphatic rings. The highest BCUT2D eigenvalue weighted by atomic mass is 16.2. The van der Waals surface area contributed by atoms with E-state index in [0.717, 1.165) is 45.2 Å². The molecular weight excluding hydrogens is 260 g/mol. The van der Waals surface area contributed by atoms with Crippen molar-refractivity contribution in [3.63, 3.8) is 0 Å². The Hall–Kier alpha value is -1.35. The molecule has 3 heteroatoms. The molecule has 3 nitrogen and oxygen atoms in total. The highest BCUT2D eigenvalue weighted by Crippen LogP contribution is 2.32. The highest BCUT2D eigenvalue weighted by molar-refractivity contribution is 5.83. The van der Waals surface area contributed by atoms with E-state index in [1.807, 2.05) is 6.07 Å². The molecule has 2 N–H and O–H groups in total. The molecule has 1 heterocycles. The Kier molecular flexibility index (Phi) is 5.80. The van der Waals surface area contributed by atoms with Gasteiger partial charge in [-0.3, -0.25) is 4.79 Å². The molecule has 1 fully saturated rings. The van der Waals surface area contributed by atoms with Crippen LogP contribution >= 0.6 is 0 Å². The molecule has 0 aromatic heterocycles.